The Balaban J connectivity index is 3.64. The molecule has 0 heterocycles. The maximum Gasteiger partial charge on any atom is 0.121 e. The molecule has 0 rings (SSSR count). The number of unbranched alkanes of at least 4 members (excludes halogenated alkanes) is 2. The molecule has 2 nitrogen and oxygen atoms in total. The summed E-state index contributed by atoms with van der Waals surface area (Å²) in [5.41, 5.74) is 0. The molecule has 0 spiro atoms. The summed E-state index contributed by atoms with van der Waals surface area (Å²) in [7, 11) is -0.920. The summed E-state index contributed by atoms with van der Waals surface area (Å²) < 4.78 is 11.4. The Kier molecular flexibility index (Phi) is 7.08. The van der Waals surface area contributed by atoms with Crippen LogP contribution in [-0.2, 0) is 10.8 Å². The van der Waals surface area contributed by atoms with E-state index in [0.29, 0.717) is 12.2 Å². The number of nitrogens with zero attached hydrogens (tertiary/aromatic N) is 1. The summed E-state index contributed by atoms with van der Waals surface area (Å²) in [4.78, 5) is 0. The first kappa shape index (κ1) is 11.6. The lowest BCUT2D eigenvalue weighted by molar-refractivity contribution is 0.669. The van der Waals surface area contributed by atoms with Crippen LogP contribution in [0.4, 0.5) is 0 Å². The van der Waals surface area contributed by atoms with E-state index >= 15 is 0 Å². The highest BCUT2D eigenvalue weighted by Crippen LogP contribution is 2.04. The van der Waals surface area contributed by atoms with Crippen LogP contribution in [0.3, 0.4) is 0 Å². The first-order valence-electron chi connectivity index (χ1n) is 4.53. The van der Waals surface area contributed by atoms with Gasteiger partial charge >= 0.3 is 0 Å². The Morgan fingerprint density at radius 1 is 1.42 bits per heavy atom. The van der Waals surface area contributed by atoms with E-state index in [0.717, 1.165) is 19.3 Å². The fourth-order valence-corrected chi connectivity index (χ4v) is 2.24. The largest absolute Gasteiger partial charge is 0.258 e. The lowest BCUT2D eigenvalue weighted by Gasteiger charge is -2.04. The second kappa shape index (κ2) is 7.30. The average Bonchev–Trinajstić information content (AvgIpc) is 2.07. The molecule has 0 aromatic carbocycles. The molecule has 0 amide bonds. The van der Waals surface area contributed by atoms with Crippen LogP contribution in [0, 0.1) is 11.3 Å². The topological polar surface area (TPSA) is 40.9 Å². The zero-order valence-electron chi connectivity index (χ0n) is 7.88. The first-order chi connectivity index (χ1) is 5.76. The second-order valence-electron chi connectivity index (χ2n) is 2.82. The van der Waals surface area contributed by atoms with Crippen LogP contribution in [-0.4, -0.2) is 15.2 Å². The molecule has 0 aromatic rings. The molecule has 0 saturated heterocycles. The van der Waals surface area contributed by atoms with Gasteiger partial charge in [0.25, 0.3) is 0 Å². The van der Waals surface area contributed by atoms with Crippen molar-refractivity contribution in [2.45, 2.75) is 44.8 Å². The molecular formula is C9H17NOS. The highest BCUT2D eigenvalue weighted by atomic mass is 32.2. The van der Waals surface area contributed by atoms with Crippen molar-refractivity contribution in [3.8, 4) is 6.07 Å². The Morgan fingerprint density at radius 2 is 2.08 bits per heavy atom. The highest BCUT2D eigenvalue weighted by molar-refractivity contribution is 7.85. The third-order valence-corrected chi connectivity index (χ3v) is 3.55. The molecule has 0 radical (unpaired) electrons. The van der Waals surface area contributed by atoms with E-state index in [4.69, 9.17) is 5.26 Å². The Labute approximate surface area is 77.4 Å². The fourth-order valence-electron chi connectivity index (χ4n) is 0.973. The monoisotopic (exact) mass is 187 g/mol. The molecule has 0 saturated carbocycles. The van der Waals surface area contributed by atoms with Crippen molar-refractivity contribution >= 4 is 10.8 Å². The lowest BCUT2D eigenvalue weighted by Crippen LogP contribution is -2.14. The molecule has 12 heavy (non-hydrogen) atoms. The van der Waals surface area contributed by atoms with Gasteiger partial charge in [0.05, 0.1) is 6.07 Å². The van der Waals surface area contributed by atoms with Crippen LogP contribution in [0.15, 0.2) is 0 Å². The molecule has 0 N–H and O–H groups in total. The fraction of sp³-hybridized carbons (Fsp3) is 0.889. The van der Waals surface area contributed by atoms with Crippen molar-refractivity contribution < 1.29 is 4.21 Å². The van der Waals surface area contributed by atoms with Gasteiger partial charge in [0.1, 0.15) is 5.25 Å². The molecule has 70 valence electrons. The van der Waals surface area contributed by atoms with Gasteiger partial charge in [0, 0.05) is 16.6 Å². The zero-order chi connectivity index (χ0) is 9.40. The van der Waals surface area contributed by atoms with Gasteiger partial charge in [0.15, 0.2) is 0 Å². The Bertz CT molecular complexity index is 174. The van der Waals surface area contributed by atoms with Gasteiger partial charge in [-0.05, 0) is 12.8 Å². The lowest BCUT2D eigenvalue weighted by atomic mass is 10.3. The molecule has 0 aliphatic rings. The minimum absolute atomic E-state index is 0.248. The predicted molar refractivity (Wildman–Crippen MR) is 52.2 cm³/mol. The van der Waals surface area contributed by atoms with E-state index in [-0.39, 0.29) is 5.25 Å². The number of rotatable bonds is 6. The van der Waals surface area contributed by atoms with Crippen molar-refractivity contribution in [2.75, 3.05) is 5.75 Å². The third-order valence-electron chi connectivity index (χ3n) is 1.78. The van der Waals surface area contributed by atoms with Gasteiger partial charge in [-0.3, -0.25) is 4.21 Å². The summed E-state index contributed by atoms with van der Waals surface area (Å²) in [5, 5.41) is 8.36. The third kappa shape index (κ3) is 4.50. The van der Waals surface area contributed by atoms with Gasteiger partial charge in [-0.25, -0.2) is 0 Å². The Hall–Kier alpha value is -0.360. The van der Waals surface area contributed by atoms with E-state index in [2.05, 4.69) is 13.0 Å². The average molecular weight is 187 g/mol. The molecule has 0 aliphatic heterocycles. The normalized spacial score (nSPS) is 15.1. The minimum Gasteiger partial charge on any atom is -0.258 e. The van der Waals surface area contributed by atoms with Crippen molar-refractivity contribution in [1.29, 1.82) is 5.26 Å². The van der Waals surface area contributed by atoms with Gasteiger partial charge in [-0.2, -0.15) is 5.26 Å². The van der Waals surface area contributed by atoms with Gasteiger partial charge < -0.3 is 0 Å². The van der Waals surface area contributed by atoms with E-state index in [1.807, 2.05) is 6.92 Å². The summed E-state index contributed by atoms with van der Waals surface area (Å²) in [6.07, 6.45) is 3.95. The predicted octanol–water partition coefficient (Wildman–Crippen LogP) is 2.23. The van der Waals surface area contributed by atoms with E-state index in [1.54, 1.807) is 0 Å². The van der Waals surface area contributed by atoms with Crippen LogP contribution in [0.2, 0.25) is 0 Å². The number of hydrogen-bond acceptors (Lipinski definition) is 2. The molecule has 0 aliphatic carbocycles. The van der Waals surface area contributed by atoms with Crippen LogP contribution >= 0.6 is 0 Å². The molecule has 0 bridgehead atoms. The summed E-state index contributed by atoms with van der Waals surface area (Å²) in [6.45, 7) is 4.02. The van der Waals surface area contributed by atoms with E-state index < -0.39 is 10.8 Å². The van der Waals surface area contributed by atoms with Crippen molar-refractivity contribution in [1.82, 2.24) is 0 Å². The van der Waals surface area contributed by atoms with Crippen LogP contribution in [0.5, 0.6) is 0 Å². The summed E-state index contributed by atoms with van der Waals surface area (Å²) in [6, 6.07) is 2.08. The SMILES string of the molecule is CCCCCS(=O)C(C#N)CC. The highest BCUT2D eigenvalue weighted by Gasteiger charge is 2.12. The van der Waals surface area contributed by atoms with Gasteiger partial charge in [-0.1, -0.05) is 26.7 Å². The maximum atomic E-state index is 11.4. The summed E-state index contributed by atoms with van der Waals surface area (Å²) >= 11 is 0. The van der Waals surface area contributed by atoms with Crippen LogP contribution in [0.1, 0.15) is 39.5 Å². The standard InChI is InChI=1S/C9H17NOS/c1-3-5-6-7-12(11)9(4-2)8-10/h9H,3-7H2,1-2H3. The molecule has 0 fully saturated rings. The zero-order valence-corrected chi connectivity index (χ0v) is 8.69. The molecule has 0 aromatic heterocycles. The molecule has 3 heteroatoms. The number of nitriles is 1. The van der Waals surface area contributed by atoms with Crippen molar-refractivity contribution in [3.63, 3.8) is 0 Å². The Morgan fingerprint density at radius 3 is 2.50 bits per heavy atom. The molecule has 2 atom stereocenters. The number of hydrogen-bond donors (Lipinski definition) is 0. The van der Waals surface area contributed by atoms with Crippen LogP contribution < -0.4 is 0 Å². The van der Waals surface area contributed by atoms with Crippen molar-refractivity contribution in [3.05, 3.63) is 0 Å². The first-order valence-corrected chi connectivity index (χ1v) is 5.91. The van der Waals surface area contributed by atoms with Crippen molar-refractivity contribution in [2.24, 2.45) is 0 Å². The van der Waals surface area contributed by atoms with Crippen LogP contribution in [0.25, 0.3) is 0 Å². The van der Waals surface area contributed by atoms with E-state index in [9.17, 15) is 4.21 Å². The quantitative estimate of drug-likeness (QED) is 0.598. The van der Waals surface area contributed by atoms with Gasteiger partial charge in [0.2, 0.25) is 0 Å². The van der Waals surface area contributed by atoms with Gasteiger partial charge in [-0.15, -0.1) is 0 Å². The van der Waals surface area contributed by atoms with E-state index in [1.165, 1.54) is 0 Å². The minimum atomic E-state index is -0.920. The molecule has 2 unspecified atom stereocenters. The molecular weight excluding hydrogens is 170 g/mol. The maximum absolute atomic E-state index is 11.4. The second-order valence-corrected chi connectivity index (χ2v) is 4.56. The smallest absolute Gasteiger partial charge is 0.121 e. The summed E-state index contributed by atoms with van der Waals surface area (Å²) in [5.74, 6) is 0.694.